The highest BCUT2D eigenvalue weighted by Crippen LogP contribution is 2.30. The number of thiazole rings is 1. The molecule has 4 aromatic rings. The molecule has 5 nitrogen and oxygen atoms in total. The van der Waals surface area contributed by atoms with Crippen LogP contribution < -0.4 is 11.2 Å². The van der Waals surface area contributed by atoms with Gasteiger partial charge in [0.2, 0.25) is 0 Å². The molecule has 0 fully saturated rings. The highest BCUT2D eigenvalue weighted by atomic mass is 32.2. The van der Waals surface area contributed by atoms with E-state index in [4.69, 9.17) is 4.42 Å². The SMILES string of the molecule is Cc1csc2nc(CSCc3cc(=O)oc4cc5c(cc34)CCC5)cc(=O)n12. The highest BCUT2D eigenvalue weighted by molar-refractivity contribution is 7.97. The van der Waals surface area contributed by atoms with E-state index in [1.807, 2.05) is 18.4 Å². The third kappa shape index (κ3) is 3.08. The van der Waals surface area contributed by atoms with Crippen molar-refractivity contribution in [3.63, 3.8) is 0 Å². The normalized spacial score (nSPS) is 13.5. The topological polar surface area (TPSA) is 64.6 Å². The lowest BCUT2D eigenvalue weighted by Gasteiger charge is -2.08. The quantitative estimate of drug-likeness (QED) is 0.474. The van der Waals surface area contributed by atoms with Gasteiger partial charge in [0, 0.05) is 40.1 Å². The molecule has 7 heteroatoms. The van der Waals surface area contributed by atoms with E-state index in [9.17, 15) is 9.59 Å². The molecule has 0 spiro atoms. The van der Waals surface area contributed by atoms with E-state index < -0.39 is 0 Å². The van der Waals surface area contributed by atoms with Gasteiger partial charge < -0.3 is 4.42 Å². The van der Waals surface area contributed by atoms with Crippen molar-refractivity contribution in [3.05, 3.63) is 78.5 Å². The summed E-state index contributed by atoms with van der Waals surface area (Å²) in [5.74, 6) is 1.29. The van der Waals surface area contributed by atoms with Crippen LogP contribution in [0.15, 0.2) is 43.7 Å². The minimum Gasteiger partial charge on any atom is -0.423 e. The van der Waals surface area contributed by atoms with Crippen LogP contribution in [-0.2, 0) is 24.3 Å². The van der Waals surface area contributed by atoms with Gasteiger partial charge in [-0.2, -0.15) is 11.8 Å². The van der Waals surface area contributed by atoms with Crippen LogP contribution in [0.5, 0.6) is 0 Å². The third-order valence-corrected chi connectivity index (χ3v) is 7.14. The van der Waals surface area contributed by atoms with E-state index in [1.165, 1.54) is 22.5 Å². The molecule has 1 aliphatic rings. The number of hydrogen-bond acceptors (Lipinski definition) is 6. The predicted molar refractivity (Wildman–Crippen MR) is 114 cm³/mol. The van der Waals surface area contributed by atoms with Crippen molar-refractivity contribution in [2.45, 2.75) is 37.7 Å². The van der Waals surface area contributed by atoms with Crippen LogP contribution in [0, 0.1) is 6.92 Å². The van der Waals surface area contributed by atoms with Gasteiger partial charge in [0.15, 0.2) is 4.96 Å². The number of aryl methyl sites for hydroxylation is 3. The Kier molecular flexibility index (Phi) is 4.36. The van der Waals surface area contributed by atoms with Gasteiger partial charge >= 0.3 is 5.63 Å². The molecule has 3 aromatic heterocycles. The van der Waals surface area contributed by atoms with Crippen molar-refractivity contribution >= 4 is 39.0 Å². The van der Waals surface area contributed by atoms with Gasteiger partial charge in [-0.3, -0.25) is 9.20 Å². The summed E-state index contributed by atoms with van der Waals surface area (Å²) in [7, 11) is 0. The van der Waals surface area contributed by atoms with Crippen molar-refractivity contribution in [1.82, 2.24) is 9.38 Å². The summed E-state index contributed by atoms with van der Waals surface area (Å²) < 4.78 is 7.07. The van der Waals surface area contributed by atoms with Crippen LogP contribution in [0.1, 0.15) is 34.5 Å². The maximum absolute atomic E-state index is 12.3. The van der Waals surface area contributed by atoms with E-state index in [-0.39, 0.29) is 11.2 Å². The Balaban J connectivity index is 1.42. The first-order chi connectivity index (χ1) is 13.6. The summed E-state index contributed by atoms with van der Waals surface area (Å²) in [6.45, 7) is 1.91. The number of fused-ring (bicyclic) bond motifs is 3. The molecular weight excluding hydrogens is 392 g/mol. The molecule has 0 N–H and O–H groups in total. The number of hydrogen-bond donors (Lipinski definition) is 0. The monoisotopic (exact) mass is 410 g/mol. The number of rotatable bonds is 4. The molecule has 0 amide bonds. The average Bonchev–Trinajstić information content (AvgIpc) is 3.26. The van der Waals surface area contributed by atoms with Crippen molar-refractivity contribution < 1.29 is 4.42 Å². The molecule has 0 saturated heterocycles. The number of thioether (sulfide) groups is 1. The Labute approximate surface area is 169 Å². The number of aromatic nitrogens is 2. The molecular formula is C21H18N2O3S2. The van der Waals surface area contributed by atoms with E-state index in [0.29, 0.717) is 17.1 Å². The second-order valence-electron chi connectivity index (χ2n) is 7.13. The average molecular weight is 411 g/mol. The van der Waals surface area contributed by atoms with E-state index in [2.05, 4.69) is 11.1 Å². The number of benzene rings is 1. The minimum atomic E-state index is -0.312. The van der Waals surface area contributed by atoms with Gasteiger partial charge in [-0.15, -0.1) is 11.3 Å². The van der Waals surface area contributed by atoms with Gasteiger partial charge in [0.25, 0.3) is 5.56 Å². The lowest BCUT2D eigenvalue weighted by atomic mass is 10.0. The standard InChI is InChI=1S/C21H18N2O3S2/c1-12-9-28-21-22-16(8-19(24)23(12)21)11-27-10-15-7-20(25)26-18-6-14-4-2-3-13(14)5-17(15)18/h5-9H,2-4,10-11H2,1H3. The highest BCUT2D eigenvalue weighted by Gasteiger charge is 2.15. The molecule has 142 valence electrons. The molecule has 0 atom stereocenters. The van der Waals surface area contributed by atoms with Crippen LogP contribution in [0.3, 0.4) is 0 Å². The van der Waals surface area contributed by atoms with Crippen LogP contribution >= 0.6 is 23.1 Å². The van der Waals surface area contributed by atoms with Crippen molar-refractivity contribution in [3.8, 4) is 0 Å². The van der Waals surface area contributed by atoms with E-state index in [0.717, 1.165) is 46.6 Å². The maximum Gasteiger partial charge on any atom is 0.336 e. The van der Waals surface area contributed by atoms with Crippen LogP contribution in [-0.4, -0.2) is 9.38 Å². The second-order valence-corrected chi connectivity index (χ2v) is 8.96. The smallest absolute Gasteiger partial charge is 0.336 e. The molecule has 28 heavy (non-hydrogen) atoms. The van der Waals surface area contributed by atoms with Gasteiger partial charge in [0.1, 0.15) is 5.58 Å². The van der Waals surface area contributed by atoms with Gasteiger partial charge in [0.05, 0.1) is 5.69 Å². The zero-order chi connectivity index (χ0) is 19.3. The molecule has 0 unspecified atom stereocenters. The Hall–Kier alpha value is -2.38. The zero-order valence-corrected chi connectivity index (χ0v) is 17.0. The van der Waals surface area contributed by atoms with Crippen LogP contribution in [0.25, 0.3) is 15.9 Å². The first-order valence-electron chi connectivity index (χ1n) is 9.21. The second kappa shape index (κ2) is 6.90. The predicted octanol–water partition coefficient (Wildman–Crippen LogP) is 4.09. The largest absolute Gasteiger partial charge is 0.423 e. The minimum absolute atomic E-state index is 0.0410. The molecule has 0 bridgehead atoms. The van der Waals surface area contributed by atoms with Gasteiger partial charge in [-0.05, 0) is 55.0 Å². The van der Waals surface area contributed by atoms with E-state index >= 15 is 0 Å². The Morgan fingerprint density at radius 2 is 1.96 bits per heavy atom. The maximum atomic E-state index is 12.3. The Morgan fingerprint density at radius 1 is 1.14 bits per heavy atom. The summed E-state index contributed by atoms with van der Waals surface area (Å²) in [5, 5.41) is 2.96. The van der Waals surface area contributed by atoms with Gasteiger partial charge in [-0.1, -0.05) is 0 Å². The van der Waals surface area contributed by atoms with Crippen molar-refractivity contribution in [2.24, 2.45) is 0 Å². The molecule has 5 rings (SSSR count). The summed E-state index contributed by atoms with van der Waals surface area (Å²) in [5.41, 5.74) is 5.64. The summed E-state index contributed by atoms with van der Waals surface area (Å²) >= 11 is 3.13. The fraction of sp³-hybridized carbons (Fsp3) is 0.286. The van der Waals surface area contributed by atoms with Crippen molar-refractivity contribution in [2.75, 3.05) is 0 Å². The molecule has 1 aromatic carbocycles. The Bertz CT molecular complexity index is 1330. The molecule has 3 heterocycles. The summed E-state index contributed by atoms with van der Waals surface area (Å²) in [6, 6.07) is 7.40. The number of nitrogens with zero attached hydrogens (tertiary/aromatic N) is 2. The van der Waals surface area contributed by atoms with Gasteiger partial charge in [-0.25, -0.2) is 9.78 Å². The summed E-state index contributed by atoms with van der Waals surface area (Å²) in [4.78, 5) is 29.6. The first kappa shape index (κ1) is 17.7. The first-order valence-corrected chi connectivity index (χ1v) is 11.2. The molecule has 1 aliphatic carbocycles. The lowest BCUT2D eigenvalue weighted by molar-refractivity contribution is 0.559. The summed E-state index contributed by atoms with van der Waals surface area (Å²) in [6.07, 6.45) is 3.30. The lowest BCUT2D eigenvalue weighted by Crippen LogP contribution is -2.14. The van der Waals surface area contributed by atoms with Crippen LogP contribution in [0.2, 0.25) is 0 Å². The molecule has 0 radical (unpaired) electrons. The van der Waals surface area contributed by atoms with Crippen LogP contribution in [0.4, 0.5) is 0 Å². The van der Waals surface area contributed by atoms with Crippen molar-refractivity contribution in [1.29, 1.82) is 0 Å². The molecule has 0 aliphatic heterocycles. The third-order valence-electron chi connectivity index (χ3n) is 5.18. The molecule has 0 saturated carbocycles. The fourth-order valence-corrected chi connectivity index (χ4v) is 5.66. The Morgan fingerprint density at radius 3 is 2.82 bits per heavy atom. The van der Waals surface area contributed by atoms with E-state index in [1.54, 1.807) is 28.3 Å². The zero-order valence-electron chi connectivity index (χ0n) is 15.4. The fourth-order valence-electron chi connectivity index (χ4n) is 3.85.